The maximum Gasteiger partial charge on any atom is 0.123 e. The highest BCUT2D eigenvalue weighted by Crippen LogP contribution is 2.31. The molecule has 0 spiro atoms. The number of ether oxygens (including phenoxy) is 1. The summed E-state index contributed by atoms with van der Waals surface area (Å²) < 4.78 is 5.41. The predicted molar refractivity (Wildman–Crippen MR) is 88.3 cm³/mol. The Morgan fingerprint density at radius 3 is 2.81 bits per heavy atom. The van der Waals surface area contributed by atoms with Gasteiger partial charge in [-0.25, -0.2) is 0 Å². The zero-order valence-corrected chi connectivity index (χ0v) is 13.7. The van der Waals surface area contributed by atoms with E-state index in [1.165, 1.54) is 4.88 Å². The lowest BCUT2D eigenvalue weighted by molar-refractivity contribution is 0.261. The Balaban J connectivity index is 2.19. The first kappa shape index (κ1) is 16.3. The fourth-order valence-electron chi connectivity index (χ4n) is 2.36. The van der Waals surface area contributed by atoms with Gasteiger partial charge in [-0.2, -0.15) is 0 Å². The molecular weight excluding hydrogens is 306 g/mol. The van der Waals surface area contributed by atoms with Crippen molar-refractivity contribution in [2.24, 2.45) is 0 Å². The molecule has 2 atom stereocenters. The van der Waals surface area contributed by atoms with Crippen molar-refractivity contribution in [1.29, 1.82) is 0 Å². The predicted octanol–water partition coefficient (Wildman–Crippen LogP) is 4.18. The molecule has 5 heteroatoms. The van der Waals surface area contributed by atoms with E-state index >= 15 is 0 Å². The van der Waals surface area contributed by atoms with E-state index in [0.29, 0.717) is 11.4 Å². The van der Waals surface area contributed by atoms with Crippen LogP contribution in [0.15, 0.2) is 35.7 Å². The number of aliphatic hydroxyl groups is 1. The monoisotopic (exact) mass is 325 g/mol. The zero-order chi connectivity index (χ0) is 15.2. The summed E-state index contributed by atoms with van der Waals surface area (Å²) in [6, 6.07) is 9.91. The Bertz CT molecular complexity index is 559. The molecule has 3 nitrogen and oxygen atoms in total. The van der Waals surface area contributed by atoms with Crippen molar-refractivity contribution in [3.63, 3.8) is 0 Å². The highest BCUT2D eigenvalue weighted by atomic mass is 35.5. The Kier molecular flexibility index (Phi) is 6.06. The number of thiophene rings is 1. The van der Waals surface area contributed by atoms with Gasteiger partial charge in [0.2, 0.25) is 0 Å². The lowest BCUT2D eigenvalue weighted by Crippen LogP contribution is -2.25. The van der Waals surface area contributed by atoms with Crippen LogP contribution >= 0.6 is 22.9 Å². The van der Waals surface area contributed by atoms with Crippen molar-refractivity contribution in [3.05, 3.63) is 51.2 Å². The smallest absolute Gasteiger partial charge is 0.123 e. The number of benzene rings is 1. The van der Waals surface area contributed by atoms with E-state index < -0.39 is 0 Å². The van der Waals surface area contributed by atoms with Crippen molar-refractivity contribution < 1.29 is 9.84 Å². The molecule has 0 aliphatic rings. The van der Waals surface area contributed by atoms with Crippen LogP contribution in [0.4, 0.5) is 0 Å². The summed E-state index contributed by atoms with van der Waals surface area (Å²) in [4.78, 5) is 1.22. The number of halogens is 1. The van der Waals surface area contributed by atoms with Crippen LogP contribution in [-0.2, 0) is 0 Å². The number of methoxy groups -OCH3 is 1. The first-order valence-electron chi connectivity index (χ1n) is 6.89. The van der Waals surface area contributed by atoms with Crippen LogP contribution in [0.3, 0.4) is 0 Å². The van der Waals surface area contributed by atoms with Gasteiger partial charge in [0.05, 0.1) is 7.11 Å². The summed E-state index contributed by atoms with van der Waals surface area (Å²) in [5.41, 5.74) is 1.02. The molecule has 0 saturated heterocycles. The third-order valence-electron chi connectivity index (χ3n) is 3.41. The second kappa shape index (κ2) is 7.80. The molecule has 0 bridgehead atoms. The van der Waals surface area contributed by atoms with Gasteiger partial charge in [0.15, 0.2) is 0 Å². The van der Waals surface area contributed by atoms with Gasteiger partial charge in [0.25, 0.3) is 0 Å². The van der Waals surface area contributed by atoms with Crippen molar-refractivity contribution in [3.8, 4) is 5.75 Å². The molecule has 1 heterocycles. The standard InChI is InChI=1S/C16H20ClNO2S/c1-11(13-10-12(17)5-6-15(13)20-2)18-14(7-8-19)16-4-3-9-21-16/h3-6,9-11,14,18-19H,7-8H2,1-2H3/t11-,14-/m1/s1. The molecule has 2 rings (SSSR count). The van der Waals surface area contributed by atoms with Gasteiger partial charge in [-0.3, -0.25) is 0 Å². The largest absolute Gasteiger partial charge is 0.496 e. The lowest BCUT2D eigenvalue weighted by Gasteiger charge is -2.24. The van der Waals surface area contributed by atoms with E-state index in [-0.39, 0.29) is 18.7 Å². The van der Waals surface area contributed by atoms with Crippen LogP contribution < -0.4 is 10.1 Å². The maximum atomic E-state index is 9.28. The van der Waals surface area contributed by atoms with Crippen LogP contribution in [-0.4, -0.2) is 18.8 Å². The number of hydrogen-bond donors (Lipinski definition) is 2. The van der Waals surface area contributed by atoms with Gasteiger partial charge in [0, 0.05) is 34.2 Å². The summed E-state index contributed by atoms with van der Waals surface area (Å²) in [5.74, 6) is 0.813. The molecule has 1 aromatic carbocycles. The van der Waals surface area contributed by atoms with Crippen molar-refractivity contribution in [2.75, 3.05) is 13.7 Å². The lowest BCUT2D eigenvalue weighted by atomic mass is 10.0. The minimum atomic E-state index is 0.0669. The molecule has 114 valence electrons. The van der Waals surface area contributed by atoms with E-state index in [1.807, 2.05) is 29.6 Å². The molecule has 2 aromatic rings. The fourth-order valence-corrected chi connectivity index (χ4v) is 3.36. The molecule has 0 saturated carbocycles. The summed E-state index contributed by atoms with van der Waals surface area (Å²) in [7, 11) is 1.66. The summed E-state index contributed by atoms with van der Waals surface area (Å²) >= 11 is 7.78. The molecule has 0 amide bonds. The topological polar surface area (TPSA) is 41.5 Å². The van der Waals surface area contributed by atoms with E-state index in [0.717, 1.165) is 11.3 Å². The van der Waals surface area contributed by atoms with Crippen molar-refractivity contribution in [1.82, 2.24) is 5.32 Å². The van der Waals surface area contributed by atoms with Gasteiger partial charge >= 0.3 is 0 Å². The highest BCUT2D eigenvalue weighted by Gasteiger charge is 2.18. The van der Waals surface area contributed by atoms with Gasteiger partial charge in [-0.1, -0.05) is 17.7 Å². The third kappa shape index (κ3) is 4.20. The fraction of sp³-hybridized carbons (Fsp3) is 0.375. The summed E-state index contributed by atoms with van der Waals surface area (Å²) in [6.45, 7) is 2.22. The molecule has 0 fully saturated rings. The van der Waals surface area contributed by atoms with E-state index in [1.54, 1.807) is 18.4 Å². The molecule has 2 N–H and O–H groups in total. The third-order valence-corrected chi connectivity index (χ3v) is 4.63. The van der Waals surface area contributed by atoms with Gasteiger partial charge in [0.1, 0.15) is 5.75 Å². The Hall–Kier alpha value is -1.07. The van der Waals surface area contributed by atoms with E-state index in [4.69, 9.17) is 16.3 Å². The van der Waals surface area contributed by atoms with Crippen LogP contribution in [0.2, 0.25) is 5.02 Å². The zero-order valence-electron chi connectivity index (χ0n) is 12.2. The number of nitrogens with one attached hydrogen (secondary N) is 1. The van der Waals surface area contributed by atoms with Gasteiger partial charge in [-0.05, 0) is 43.0 Å². The highest BCUT2D eigenvalue weighted by molar-refractivity contribution is 7.10. The number of rotatable bonds is 7. The Morgan fingerprint density at radius 1 is 1.38 bits per heavy atom. The average molecular weight is 326 g/mol. The average Bonchev–Trinajstić information content (AvgIpc) is 3.00. The second-order valence-electron chi connectivity index (χ2n) is 4.85. The first-order valence-corrected chi connectivity index (χ1v) is 8.15. The van der Waals surface area contributed by atoms with Gasteiger partial charge in [-0.15, -0.1) is 11.3 Å². The summed E-state index contributed by atoms with van der Waals surface area (Å²) in [6.07, 6.45) is 0.674. The van der Waals surface area contributed by atoms with E-state index in [2.05, 4.69) is 18.3 Å². The van der Waals surface area contributed by atoms with Crippen LogP contribution in [0.25, 0.3) is 0 Å². The van der Waals surface area contributed by atoms with Crippen LogP contribution in [0, 0.1) is 0 Å². The minimum Gasteiger partial charge on any atom is -0.496 e. The normalized spacial score (nSPS) is 13.9. The molecular formula is C16H20ClNO2S. The first-order chi connectivity index (χ1) is 10.2. The van der Waals surface area contributed by atoms with Crippen LogP contribution in [0.1, 0.15) is 35.9 Å². The molecule has 1 aromatic heterocycles. The Labute approximate surface area is 134 Å². The Morgan fingerprint density at radius 2 is 2.19 bits per heavy atom. The SMILES string of the molecule is COc1ccc(Cl)cc1[C@@H](C)N[C@H](CCO)c1cccs1. The van der Waals surface area contributed by atoms with Crippen molar-refractivity contribution in [2.45, 2.75) is 25.4 Å². The van der Waals surface area contributed by atoms with Crippen molar-refractivity contribution >= 4 is 22.9 Å². The number of hydrogen-bond acceptors (Lipinski definition) is 4. The second-order valence-corrected chi connectivity index (χ2v) is 6.27. The quantitative estimate of drug-likeness (QED) is 0.802. The van der Waals surface area contributed by atoms with Gasteiger partial charge < -0.3 is 15.2 Å². The molecule has 0 radical (unpaired) electrons. The molecule has 0 aliphatic heterocycles. The molecule has 0 aliphatic carbocycles. The molecule has 0 unspecified atom stereocenters. The summed E-state index contributed by atoms with van der Waals surface area (Å²) in [5, 5.41) is 15.6. The molecule has 21 heavy (non-hydrogen) atoms. The minimum absolute atomic E-state index is 0.0669. The van der Waals surface area contributed by atoms with Crippen LogP contribution in [0.5, 0.6) is 5.75 Å². The van der Waals surface area contributed by atoms with E-state index in [9.17, 15) is 5.11 Å². The number of aliphatic hydroxyl groups excluding tert-OH is 1. The maximum absolute atomic E-state index is 9.28.